The molecule has 0 fully saturated rings. The van der Waals surface area contributed by atoms with E-state index < -0.39 is 5.97 Å². The number of esters is 1. The van der Waals surface area contributed by atoms with E-state index in [4.69, 9.17) is 20.8 Å². The van der Waals surface area contributed by atoms with Crippen molar-refractivity contribution < 1.29 is 18.7 Å². The fraction of sp³-hybridized carbons (Fsp3) is 0.100. The second-order valence-corrected chi connectivity index (χ2v) is 6.94. The number of halogens is 1. The van der Waals surface area contributed by atoms with E-state index in [9.17, 15) is 9.59 Å². The molecule has 1 N–H and O–H groups in total. The van der Waals surface area contributed by atoms with Gasteiger partial charge in [0, 0.05) is 22.0 Å². The standard InChI is InChI=1S/C20H16ClNO4S/c1-12-3-8-15(26-12)9-10-17(23)22-19-18(20(24)25-2)16(11-27-19)13-4-6-14(21)7-5-13/h3-11H,1-2H3,(H,22,23). The summed E-state index contributed by atoms with van der Waals surface area (Å²) in [6.07, 6.45) is 2.91. The third-order valence-electron chi connectivity index (χ3n) is 3.73. The van der Waals surface area contributed by atoms with Gasteiger partial charge in [0.05, 0.1) is 7.11 Å². The van der Waals surface area contributed by atoms with E-state index in [1.807, 2.05) is 25.1 Å². The highest BCUT2D eigenvalue weighted by atomic mass is 35.5. The number of anilines is 1. The number of methoxy groups -OCH3 is 1. The molecule has 1 aromatic carbocycles. The average molecular weight is 402 g/mol. The highest BCUT2D eigenvalue weighted by Gasteiger charge is 2.21. The molecule has 3 aromatic rings. The highest BCUT2D eigenvalue weighted by Crippen LogP contribution is 2.36. The maximum absolute atomic E-state index is 12.3. The van der Waals surface area contributed by atoms with E-state index in [1.54, 1.807) is 29.7 Å². The molecule has 0 aliphatic carbocycles. The molecule has 5 nitrogen and oxygen atoms in total. The van der Waals surface area contributed by atoms with Crippen molar-refractivity contribution in [1.29, 1.82) is 0 Å². The van der Waals surface area contributed by atoms with Crippen molar-refractivity contribution in [3.63, 3.8) is 0 Å². The zero-order valence-corrected chi connectivity index (χ0v) is 16.2. The smallest absolute Gasteiger partial charge is 0.341 e. The Kier molecular flexibility index (Phi) is 5.78. The summed E-state index contributed by atoms with van der Waals surface area (Å²) in [5, 5.41) is 5.54. The summed E-state index contributed by atoms with van der Waals surface area (Å²) in [7, 11) is 1.30. The molecule has 1 amide bonds. The van der Waals surface area contributed by atoms with Crippen molar-refractivity contribution in [3.8, 4) is 11.1 Å². The summed E-state index contributed by atoms with van der Waals surface area (Å²) >= 11 is 7.18. The first-order chi connectivity index (χ1) is 13.0. The topological polar surface area (TPSA) is 68.5 Å². The van der Waals surface area contributed by atoms with Crippen LogP contribution in [0.2, 0.25) is 5.02 Å². The van der Waals surface area contributed by atoms with Crippen molar-refractivity contribution in [2.75, 3.05) is 12.4 Å². The van der Waals surface area contributed by atoms with Gasteiger partial charge in [-0.05, 0) is 42.8 Å². The number of nitrogens with one attached hydrogen (secondary N) is 1. The molecule has 0 unspecified atom stereocenters. The molecule has 0 aliphatic rings. The minimum atomic E-state index is -0.526. The normalized spacial score (nSPS) is 10.9. The van der Waals surface area contributed by atoms with Gasteiger partial charge in [-0.15, -0.1) is 11.3 Å². The van der Waals surface area contributed by atoms with E-state index in [2.05, 4.69) is 5.32 Å². The van der Waals surface area contributed by atoms with Crippen molar-refractivity contribution in [2.24, 2.45) is 0 Å². The number of aryl methyl sites for hydroxylation is 1. The number of rotatable bonds is 5. The summed E-state index contributed by atoms with van der Waals surface area (Å²) in [5.74, 6) is 0.429. The molecule has 0 saturated heterocycles. The molecule has 7 heteroatoms. The van der Waals surface area contributed by atoms with Crippen molar-refractivity contribution >= 4 is 45.9 Å². The molecule has 0 atom stereocenters. The number of hydrogen-bond acceptors (Lipinski definition) is 5. The Morgan fingerprint density at radius 3 is 2.56 bits per heavy atom. The van der Waals surface area contributed by atoms with Gasteiger partial charge in [0.15, 0.2) is 0 Å². The van der Waals surface area contributed by atoms with E-state index in [1.165, 1.54) is 24.5 Å². The monoisotopic (exact) mass is 401 g/mol. The van der Waals surface area contributed by atoms with E-state index >= 15 is 0 Å². The van der Waals surface area contributed by atoms with Gasteiger partial charge in [0.25, 0.3) is 0 Å². The lowest BCUT2D eigenvalue weighted by atomic mass is 10.0. The summed E-state index contributed by atoms with van der Waals surface area (Å²) in [6, 6.07) is 10.7. The Morgan fingerprint density at radius 2 is 1.93 bits per heavy atom. The van der Waals surface area contributed by atoms with E-state index in [-0.39, 0.29) is 5.91 Å². The van der Waals surface area contributed by atoms with Gasteiger partial charge in [-0.1, -0.05) is 23.7 Å². The molecule has 2 aromatic heterocycles. The van der Waals surface area contributed by atoms with Crippen LogP contribution in [0.25, 0.3) is 17.2 Å². The van der Waals surface area contributed by atoms with Gasteiger partial charge in [-0.2, -0.15) is 0 Å². The second-order valence-electron chi connectivity index (χ2n) is 5.62. The first-order valence-electron chi connectivity index (χ1n) is 7.99. The molecule has 2 heterocycles. The number of benzene rings is 1. The van der Waals surface area contributed by atoms with Gasteiger partial charge in [-0.25, -0.2) is 4.79 Å². The molecule has 0 bridgehead atoms. The molecule has 0 spiro atoms. The maximum atomic E-state index is 12.3. The van der Waals surface area contributed by atoms with Crippen LogP contribution in [0.3, 0.4) is 0 Å². The Balaban J connectivity index is 1.86. The third-order valence-corrected chi connectivity index (χ3v) is 4.88. The Hall–Kier alpha value is -2.83. The average Bonchev–Trinajstić information content (AvgIpc) is 3.26. The van der Waals surface area contributed by atoms with Crippen molar-refractivity contribution in [3.05, 3.63) is 70.0 Å². The molecular formula is C20H16ClNO4S. The predicted molar refractivity (Wildman–Crippen MR) is 107 cm³/mol. The number of thiophene rings is 1. The Bertz CT molecular complexity index is 1000. The van der Waals surface area contributed by atoms with Crippen LogP contribution in [0, 0.1) is 6.92 Å². The molecule has 138 valence electrons. The van der Waals surface area contributed by atoms with E-state index in [0.29, 0.717) is 26.9 Å². The highest BCUT2D eigenvalue weighted by molar-refractivity contribution is 7.15. The van der Waals surface area contributed by atoms with Gasteiger partial charge < -0.3 is 14.5 Å². The Labute approximate surface area is 165 Å². The van der Waals surface area contributed by atoms with Crippen LogP contribution < -0.4 is 5.32 Å². The lowest BCUT2D eigenvalue weighted by Crippen LogP contribution is -2.11. The van der Waals surface area contributed by atoms with Crippen LogP contribution in [0.1, 0.15) is 21.9 Å². The first kappa shape index (κ1) is 18.9. The van der Waals surface area contributed by atoms with Crippen LogP contribution >= 0.6 is 22.9 Å². The van der Waals surface area contributed by atoms with Crippen LogP contribution in [-0.2, 0) is 9.53 Å². The van der Waals surface area contributed by atoms with Crippen molar-refractivity contribution in [1.82, 2.24) is 0 Å². The second kappa shape index (κ2) is 8.24. The molecule has 27 heavy (non-hydrogen) atoms. The summed E-state index contributed by atoms with van der Waals surface area (Å²) in [5.41, 5.74) is 1.78. The lowest BCUT2D eigenvalue weighted by Gasteiger charge is -2.06. The van der Waals surface area contributed by atoms with Gasteiger partial charge >= 0.3 is 5.97 Å². The fourth-order valence-corrected chi connectivity index (χ4v) is 3.54. The molecule has 3 rings (SSSR count). The van der Waals surface area contributed by atoms with Crippen LogP contribution in [0.15, 0.2) is 52.3 Å². The zero-order chi connectivity index (χ0) is 19.4. The van der Waals surface area contributed by atoms with Gasteiger partial charge in [-0.3, -0.25) is 4.79 Å². The number of carbonyl (C=O) groups excluding carboxylic acids is 2. The molecule has 0 radical (unpaired) electrons. The maximum Gasteiger partial charge on any atom is 0.341 e. The quantitative estimate of drug-likeness (QED) is 0.458. The van der Waals surface area contributed by atoms with Crippen LogP contribution in [-0.4, -0.2) is 19.0 Å². The third kappa shape index (κ3) is 4.48. The summed E-state index contributed by atoms with van der Waals surface area (Å²) in [4.78, 5) is 24.5. The molecule has 0 aliphatic heterocycles. The number of hydrogen-bond donors (Lipinski definition) is 1. The van der Waals surface area contributed by atoms with Crippen LogP contribution in [0.5, 0.6) is 0 Å². The van der Waals surface area contributed by atoms with Crippen molar-refractivity contribution in [2.45, 2.75) is 6.92 Å². The SMILES string of the molecule is COC(=O)c1c(-c2ccc(Cl)cc2)csc1NC(=O)C=Cc1ccc(C)o1. The van der Waals surface area contributed by atoms with Crippen LogP contribution in [0.4, 0.5) is 5.00 Å². The number of amides is 1. The predicted octanol–water partition coefficient (Wildman–Crippen LogP) is 5.41. The summed E-state index contributed by atoms with van der Waals surface area (Å²) in [6.45, 7) is 1.82. The number of ether oxygens (including phenoxy) is 1. The first-order valence-corrected chi connectivity index (χ1v) is 9.25. The van der Waals surface area contributed by atoms with Gasteiger partial charge in [0.1, 0.15) is 22.1 Å². The molecule has 0 saturated carbocycles. The summed E-state index contributed by atoms with van der Waals surface area (Å²) < 4.78 is 10.3. The number of furan rings is 1. The fourth-order valence-electron chi connectivity index (χ4n) is 2.45. The Morgan fingerprint density at radius 1 is 1.19 bits per heavy atom. The van der Waals surface area contributed by atoms with Gasteiger partial charge in [0.2, 0.25) is 5.91 Å². The lowest BCUT2D eigenvalue weighted by molar-refractivity contribution is -0.111. The largest absolute Gasteiger partial charge is 0.465 e. The number of carbonyl (C=O) groups is 2. The van der Waals surface area contributed by atoms with E-state index in [0.717, 1.165) is 11.3 Å². The minimum Gasteiger partial charge on any atom is -0.465 e. The minimum absolute atomic E-state index is 0.306. The molecular weight excluding hydrogens is 386 g/mol. The zero-order valence-electron chi connectivity index (χ0n) is 14.6.